The van der Waals surface area contributed by atoms with E-state index in [2.05, 4.69) is 32.2 Å². The molecule has 0 aliphatic heterocycles. The van der Waals surface area contributed by atoms with Gasteiger partial charge in [0, 0.05) is 28.9 Å². The number of aryl methyl sites for hydroxylation is 2. The summed E-state index contributed by atoms with van der Waals surface area (Å²) in [5.74, 6) is 0. The summed E-state index contributed by atoms with van der Waals surface area (Å²) in [6.45, 7) is 8.06. The van der Waals surface area contributed by atoms with E-state index in [4.69, 9.17) is 10.5 Å². The van der Waals surface area contributed by atoms with Crippen molar-refractivity contribution < 1.29 is 4.74 Å². The number of nitrogens with one attached hydrogen (secondary N) is 1. The Labute approximate surface area is 115 Å². The quantitative estimate of drug-likeness (QED) is 0.763. The zero-order valence-electron chi connectivity index (χ0n) is 12.0. The number of hydrogen-bond donors (Lipinski definition) is 2. The van der Waals surface area contributed by atoms with Gasteiger partial charge in [-0.1, -0.05) is 0 Å². The first kappa shape index (κ1) is 15.6. The van der Waals surface area contributed by atoms with E-state index in [1.54, 1.807) is 7.11 Å². The third-order valence-corrected chi connectivity index (χ3v) is 4.14. The molecule has 1 rings (SSSR count). The summed E-state index contributed by atoms with van der Waals surface area (Å²) in [6, 6.07) is 3.03. The second-order valence-electron chi connectivity index (χ2n) is 4.84. The monoisotopic (exact) mass is 270 g/mol. The van der Waals surface area contributed by atoms with Crippen LogP contribution < -0.4 is 11.1 Å². The van der Waals surface area contributed by atoms with Gasteiger partial charge in [0.25, 0.3) is 0 Å². The Kier molecular flexibility index (Phi) is 6.86. The maximum Gasteiger partial charge on any atom is 0.0616 e. The molecule has 2 unspecified atom stereocenters. The smallest absolute Gasteiger partial charge is 0.0616 e. The molecule has 0 saturated carbocycles. The third-order valence-electron chi connectivity index (χ3n) is 3.16. The number of hydrogen-bond acceptors (Lipinski definition) is 4. The van der Waals surface area contributed by atoms with Crippen molar-refractivity contribution in [2.75, 3.05) is 20.3 Å². The molecule has 0 aliphatic carbocycles. The highest BCUT2D eigenvalue weighted by molar-refractivity contribution is 7.12. The Morgan fingerprint density at radius 1 is 1.44 bits per heavy atom. The molecule has 3 nitrogen and oxygen atoms in total. The van der Waals surface area contributed by atoms with Crippen molar-refractivity contribution in [3.05, 3.63) is 21.4 Å². The maximum atomic E-state index is 5.58. The fraction of sp³-hybridized carbons (Fsp3) is 0.714. The Morgan fingerprint density at radius 3 is 2.67 bits per heavy atom. The summed E-state index contributed by atoms with van der Waals surface area (Å²) in [5.41, 5.74) is 6.98. The zero-order chi connectivity index (χ0) is 13.5. The molecule has 4 heteroatoms. The lowest BCUT2D eigenvalue weighted by molar-refractivity contribution is 0.156. The standard InChI is InChI=1S/C14H26N2OS/c1-10-8-14(12(3)18-10)11(2)16-13(9-17-4)6-5-7-15/h8,11,13,16H,5-7,9,15H2,1-4H3. The highest BCUT2D eigenvalue weighted by Gasteiger charge is 2.15. The molecular formula is C14H26N2OS. The van der Waals surface area contributed by atoms with Gasteiger partial charge in [-0.3, -0.25) is 0 Å². The van der Waals surface area contributed by atoms with E-state index in [0.29, 0.717) is 12.1 Å². The van der Waals surface area contributed by atoms with Crippen LogP contribution >= 0.6 is 11.3 Å². The summed E-state index contributed by atoms with van der Waals surface area (Å²) >= 11 is 1.86. The van der Waals surface area contributed by atoms with E-state index in [1.165, 1.54) is 15.3 Å². The van der Waals surface area contributed by atoms with Crippen LogP contribution in [-0.4, -0.2) is 26.3 Å². The molecule has 0 spiro atoms. The zero-order valence-corrected chi connectivity index (χ0v) is 12.8. The summed E-state index contributed by atoms with van der Waals surface area (Å²) < 4.78 is 5.27. The maximum absolute atomic E-state index is 5.58. The molecule has 2 atom stereocenters. The molecule has 0 saturated heterocycles. The molecule has 3 N–H and O–H groups in total. The first-order valence-electron chi connectivity index (χ1n) is 6.60. The Hall–Kier alpha value is -0.420. The van der Waals surface area contributed by atoms with Crippen molar-refractivity contribution in [2.24, 2.45) is 5.73 Å². The van der Waals surface area contributed by atoms with Crippen molar-refractivity contribution in [3.8, 4) is 0 Å². The third kappa shape index (κ3) is 4.69. The molecule has 0 bridgehead atoms. The molecule has 1 heterocycles. The van der Waals surface area contributed by atoms with Crippen LogP contribution in [0.25, 0.3) is 0 Å². The van der Waals surface area contributed by atoms with E-state index in [0.717, 1.165) is 26.0 Å². The number of ether oxygens (including phenoxy) is 1. The molecule has 18 heavy (non-hydrogen) atoms. The number of thiophene rings is 1. The topological polar surface area (TPSA) is 47.3 Å². The van der Waals surface area contributed by atoms with Gasteiger partial charge in [0.15, 0.2) is 0 Å². The van der Waals surface area contributed by atoms with Gasteiger partial charge in [-0.05, 0) is 51.8 Å². The van der Waals surface area contributed by atoms with Crippen LogP contribution in [0.1, 0.15) is 41.1 Å². The van der Waals surface area contributed by atoms with Crippen molar-refractivity contribution in [1.82, 2.24) is 5.32 Å². The minimum Gasteiger partial charge on any atom is -0.383 e. The van der Waals surface area contributed by atoms with Crippen molar-refractivity contribution in [1.29, 1.82) is 0 Å². The van der Waals surface area contributed by atoms with Gasteiger partial charge >= 0.3 is 0 Å². The fourth-order valence-electron chi connectivity index (χ4n) is 2.30. The first-order valence-corrected chi connectivity index (χ1v) is 7.42. The van der Waals surface area contributed by atoms with Crippen molar-refractivity contribution in [3.63, 3.8) is 0 Å². The molecule has 1 aromatic rings. The predicted molar refractivity (Wildman–Crippen MR) is 79.3 cm³/mol. The van der Waals surface area contributed by atoms with Crippen LogP contribution in [0.4, 0.5) is 0 Å². The van der Waals surface area contributed by atoms with Gasteiger partial charge in [-0.15, -0.1) is 11.3 Å². The van der Waals surface area contributed by atoms with Crippen LogP contribution in [-0.2, 0) is 4.74 Å². The van der Waals surface area contributed by atoms with Crippen LogP contribution in [0, 0.1) is 13.8 Å². The average Bonchev–Trinajstić information content (AvgIpc) is 2.65. The molecule has 0 fully saturated rings. The molecule has 104 valence electrons. The van der Waals surface area contributed by atoms with Crippen molar-refractivity contribution in [2.45, 2.75) is 45.7 Å². The number of methoxy groups -OCH3 is 1. The van der Waals surface area contributed by atoms with Gasteiger partial charge in [-0.25, -0.2) is 0 Å². The van der Waals surface area contributed by atoms with Gasteiger partial charge in [-0.2, -0.15) is 0 Å². The Bertz CT molecular complexity index is 352. The lowest BCUT2D eigenvalue weighted by Gasteiger charge is -2.23. The van der Waals surface area contributed by atoms with Crippen LogP contribution in [0.5, 0.6) is 0 Å². The largest absolute Gasteiger partial charge is 0.383 e. The lowest BCUT2D eigenvalue weighted by atomic mass is 10.1. The summed E-state index contributed by atoms with van der Waals surface area (Å²) in [5, 5.41) is 3.65. The minimum atomic E-state index is 0.368. The lowest BCUT2D eigenvalue weighted by Crippen LogP contribution is -2.35. The molecule has 0 radical (unpaired) electrons. The van der Waals surface area contributed by atoms with Gasteiger partial charge in [0.2, 0.25) is 0 Å². The van der Waals surface area contributed by atoms with Crippen molar-refractivity contribution >= 4 is 11.3 Å². The predicted octanol–water partition coefficient (Wildman–Crippen LogP) is 2.77. The Morgan fingerprint density at radius 2 is 2.17 bits per heavy atom. The fourth-order valence-corrected chi connectivity index (χ4v) is 3.33. The van der Waals surface area contributed by atoms with E-state index >= 15 is 0 Å². The van der Waals surface area contributed by atoms with Crippen LogP contribution in [0.2, 0.25) is 0 Å². The van der Waals surface area contributed by atoms with Gasteiger partial charge in [0.05, 0.1) is 6.61 Å². The normalized spacial score (nSPS) is 14.7. The molecule has 0 aliphatic rings. The highest BCUT2D eigenvalue weighted by atomic mass is 32.1. The van der Waals surface area contributed by atoms with E-state index in [1.807, 2.05) is 11.3 Å². The molecule has 1 aromatic heterocycles. The molecular weight excluding hydrogens is 244 g/mol. The number of nitrogens with two attached hydrogens (primary N) is 1. The highest BCUT2D eigenvalue weighted by Crippen LogP contribution is 2.26. The first-order chi connectivity index (χ1) is 8.58. The Balaban J connectivity index is 2.59. The van der Waals surface area contributed by atoms with Crippen LogP contribution in [0.3, 0.4) is 0 Å². The molecule has 0 amide bonds. The number of rotatable bonds is 8. The van der Waals surface area contributed by atoms with E-state index in [9.17, 15) is 0 Å². The summed E-state index contributed by atoms with van der Waals surface area (Å²) in [7, 11) is 1.75. The second kappa shape index (κ2) is 7.89. The average molecular weight is 270 g/mol. The summed E-state index contributed by atoms with van der Waals surface area (Å²) in [6.07, 6.45) is 2.10. The van der Waals surface area contributed by atoms with Gasteiger partial charge < -0.3 is 15.8 Å². The second-order valence-corrected chi connectivity index (χ2v) is 6.30. The van der Waals surface area contributed by atoms with Crippen LogP contribution in [0.15, 0.2) is 6.07 Å². The SMILES string of the molecule is COCC(CCCN)NC(C)c1cc(C)sc1C. The summed E-state index contributed by atoms with van der Waals surface area (Å²) in [4.78, 5) is 2.78. The minimum absolute atomic E-state index is 0.368. The molecule has 0 aromatic carbocycles. The van der Waals surface area contributed by atoms with E-state index < -0.39 is 0 Å². The van der Waals surface area contributed by atoms with Gasteiger partial charge in [0.1, 0.15) is 0 Å². The van der Waals surface area contributed by atoms with E-state index in [-0.39, 0.29) is 0 Å².